The first-order valence-corrected chi connectivity index (χ1v) is 6.97. The van der Waals surface area contributed by atoms with Crippen LogP contribution in [0.5, 0.6) is 5.75 Å². The second kappa shape index (κ2) is 7.22. The Balaban J connectivity index is 2.10. The molecule has 20 heavy (non-hydrogen) atoms. The van der Waals surface area contributed by atoms with Crippen LogP contribution in [0.2, 0.25) is 10.0 Å². The van der Waals surface area contributed by atoms with E-state index < -0.39 is 0 Å². The summed E-state index contributed by atoms with van der Waals surface area (Å²) in [5.41, 5.74) is 1.85. The van der Waals surface area contributed by atoms with E-state index in [1.165, 1.54) is 0 Å². The normalized spacial score (nSPS) is 10.1. The fourth-order valence-electron chi connectivity index (χ4n) is 1.76. The first kappa shape index (κ1) is 14.8. The molecule has 104 valence electrons. The maximum Gasteiger partial charge on any atom is 0.124 e. The molecule has 2 aromatic carbocycles. The topological polar surface area (TPSA) is 21.3 Å². The molecule has 0 aromatic heterocycles. The van der Waals surface area contributed by atoms with Crippen LogP contribution >= 0.6 is 23.2 Å². The van der Waals surface area contributed by atoms with E-state index >= 15 is 0 Å². The quantitative estimate of drug-likeness (QED) is 0.743. The summed E-state index contributed by atoms with van der Waals surface area (Å²) in [6.45, 7) is 4.73. The average Bonchev–Trinajstić information content (AvgIpc) is 2.47. The van der Waals surface area contributed by atoms with E-state index in [1.54, 1.807) is 24.3 Å². The first-order chi connectivity index (χ1) is 9.70. The number of hydrogen-bond donors (Lipinski definition) is 1. The van der Waals surface area contributed by atoms with Crippen molar-refractivity contribution in [3.05, 3.63) is 70.7 Å². The van der Waals surface area contributed by atoms with Gasteiger partial charge in [-0.3, -0.25) is 0 Å². The summed E-state index contributed by atoms with van der Waals surface area (Å²) in [6, 6.07) is 13.2. The van der Waals surface area contributed by atoms with E-state index in [0.29, 0.717) is 23.2 Å². The molecule has 2 nitrogen and oxygen atoms in total. The number of halogens is 2. The van der Waals surface area contributed by atoms with Crippen LogP contribution in [0.3, 0.4) is 0 Å². The highest BCUT2D eigenvalue weighted by atomic mass is 35.5. The standard InChI is InChI=1S/C16H15Cl2NO/c1-2-9-20-16-6-4-3-5-12(16)11-19-15-10-13(17)7-8-14(15)18/h2-8,10,19H,1,9,11H2. The van der Waals surface area contributed by atoms with Gasteiger partial charge >= 0.3 is 0 Å². The molecule has 0 aliphatic rings. The van der Waals surface area contributed by atoms with Gasteiger partial charge < -0.3 is 10.1 Å². The summed E-state index contributed by atoms with van der Waals surface area (Å²) >= 11 is 12.1. The minimum Gasteiger partial charge on any atom is -0.489 e. The van der Waals surface area contributed by atoms with Gasteiger partial charge in [-0.15, -0.1) is 0 Å². The van der Waals surface area contributed by atoms with Crippen molar-refractivity contribution in [2.24, 2.45) is 0 Å². The second-order valence-corrected chi connectivity index (χ2v) is 5.03. The van der Waals surface area contributed by atoms with Gasteiger partial charge in [0, 0.05) is 17.1 Å². The van der Waals surface area contributed by atoms with Crippen LogP contribution in [-0.4, -0.2) is 6.61 Å². The number of nitrogens with one attached hydrogen (secondary N) is 1. The van der Waals surface area contributed by atoms with Crippen molar-refractivity contribution >= 4 is 28.9 Å². The van der Waals surface area contributed by atoms with Crippen LogP contribution < -0.4 is 10.1 Å². The highest BCUT2D eigenvalue weighted by molar-refractivity contribution is 6.35. The van der Waals surface area contributed by atoms with E-state index in [1.807, 2.05) is 24.3 Å². The highest BCUT2D eigenvalue weighted by Crippen LogP contribution is 2.27. The lowest BCUT2D eigenvalue weighted by Crippen LogP contribution is -2.03. The van der Waals surface area contributed by atoms with Crippen molar-refractivity contribution in [3.63, 3.8) is 0 Å². The number of hydrogen-bond acceptors (Lipinski definition) is 2. The largest absolute Gasteiger partial charge is 0.489 e. The van der Waals surface area contributed by atoms with Gasteiger partial charge in [0.15, 0.2) is 0 Å². The van der Waals surface area contributed by atoms with Crippen molar-refractivity contribution in [1.82, 2.24) is 0 Å². The molecule has 0 saturated carbocycles. The predicted molar refractivity (Wildman–Crippen MR) is 85.9 cm³/mol. The maximum atomic E-state index is 6.12. The summed E-state index contributed by atoms with van der Waals surface area (Å²) in [5, 5.41) is 4.55. The van der Waals surface area contributed by atoms with Crippen LogP contribution in [-0.2, 0) is 6.54 Å². The molecule has 0 fully saturated rings. The zero-order chi connectivity index (χ0) is 14.4. The number of anilines is 1. The second-order valence-electron chi connectivity index (χ2n) is 4.19. The molecular formula is C16H15Cl2NO. The minimum atomic E-state index is 0.481. The van der Waals surface area contributed by atoms with Gasteiger partial charge in [-0.25, -0.2) is 0 Å². The predicted octanol–water partition coefficient (Wildman–Crippen LogP) is 5.17. The van der Waals surface area contributed by atoms with Crippen molar-refractivity contribution in [2.75, 3.05) is 11.9 Å². The summed E-state index contributed by atoms with van der Waals surface area (Å²) < 4.78 is 5.61. The summed E-state index contributed by atoms with van der Waals surface area (Å²) in [4.78, 5) is 0. The molecule has 0 aliphatic carbocycles. The molecule has 0 atom stereocenters. The van der Waals surface area contributed by atoms with Gasteiger partial charge in [0.05, 0.1) is 10.7 Å². The average molecular weight is 308 g/mol. The third-order valence-electron chi connectivity index (χ3n) is 2.73. The molecule has 0 unspecified atom stereocenters. The van der Waals surface area contributed by atoms with Crippen LogP contribution in [0.1, 0.15) is 5.56 Å². The number of para-hydroxylation sites is 1. The Morgan fingerprint density at radius 3 is 2.75 bits per heavy atom. The van der Waals surface area contributed by atoms with Gasteiger partial charge in [0.2, 0.25) is 0 Å². The Labute approximate surface area is 129 Å². The van der Waals surface area contributed by atoms with E-state index in [4.69, 9.17) is 27.9 Å². The van der Waals surface area contributed by atoms with E-state index in [9.17, 15) is 0 Å². The minimum absolute atomic E-state index is 0.481. The Morgan fingerprint density at radius 2 is 1.95 bits per heavy atom. The van der Waals surface area contributed by atoms with Crippen LogP contribution in [0.15, 0.2) is 55.1 Å². The lowest BCUT2D eigenvalue weighted by Gasteiger charge is -2.12. The van der Waals surface area contributed by atoms with Crippen LogP contribution in [0.4, 0.5) is 5.69 Å². The van der Waals surface area contributed by atoms with Crippen molar-refractivity contribution in [1.29, 1.82) is 0 Å². The number of rotatable bonds is 6. The van der Waals surface area contributed by atoms with E-state index in [0.717, 1.165) is 17.0 Å². The number of benzene rings is 2. The molecule has 2 rings (SSSR count). The van der Waals surface area contributed by atoms with E-state index in [2.05, 4.69) is 11.9 Å². The molecule has 0 spiro atoms. The monoisotopic (exact) mass is 307 g/mol. The molecule has 0 bridgehead atoms. The summed E-state index contributed by atoms with van der Waals surface area (Å²) in [6.07, 6.45) is 1.72. The van der Waals surface area contributed by atoms with Gasteiger partial charge in [-0.2, -0.15) is 0 Å². The molecular weight excluding hydrogens is 293 g/mol. The van der Waals surface area contributed by atoms with Crippen LogP contribution in [0, 0.1) is 0 Å². The fraction of sp³-hybridized carbons (Fsp3) is 0.125. The fourth-order valence-corrected chi connectivity index (χ4v) is 2.12. The van der Waals surface area contributed by atoms with Gasteiger partial charge in [0.25, 0.3) is 0 Å². The number of ether oxygens (including phenoxy) is 1. The van der Waals surface area contributed by atoms with Crippen molar-refractivity contribution < 1.29 is 4.74 Å². The van der Waals surface area contributed by atoms with Gasteiger partial charge in [0.1, 0.15) is 12.4 Å². The first-order valence-electron chi connectivity index (χ1n) is 6.21. The lowest BCUT2D eigenvalue weighted by atomic mass is 10.2. The van der Waals surface area contributed by atoms with Crippen LogP contribution in [0.25, 0.3) is 0 Å². The molecule has 0 heterocycles. The Hall–Kier alpha value is -1.64. The molecule has 2 aromatic rings. The SMILES string of the molecule is C=CCOc1ccccc1CNc1cc(Cl)ccc1Cl. The Kier molecular flexibility index (Phi) is 5.33. The van der Waals surface area contributed by atoms with Gasteiger partial charge in [-0.1, -0.05) is 54.1 Å². The Bertz CT molecular complexity index is 599. The third kappa shape index (κ3) is 3.92. The van der Waals surface area contributed by atoms with E-state index in [-0.39, 0.29) is 0 Å². The summed E-state index contributed by atoms with van der Waals surface area (Å²) in [5.74, 6) is 0.832. The Morgan fingerprint density at radius 1 is 1.15 bits per heavy atom. The molecule has 1 N–H and O–H groups in total. The molecule has 0 radical (unpaired) electrons. The smallest absolute Gasteiger partial charge is 0.124 e. The lowest BCUT2D eigenvalue weighted by molar-refractivity contribution is 0.359. The zero-order valence-corrected chi connectivity index (χ0v) is 12.4. The molecule has 0 amide bonds. The summed E-state index contributed by atoms with van der Waals surface area (Å²) in [7, 11) is 0. The van der Waals surface area contributed by atoms with Gasteiger partial charge in [-0.05, 0) is 24.3 Å². The highest BCUT2D eigenvalue weighted by Gasteiger charge is 2.05. The zero-order valence-electron chi connectivity index (χ0n) is 10.9. The molecule has 0 aliphatic heterocycles. The third-order valence-corrected chi connectivity index (χ3v) is 3.29. The van der Waals surface area contributed by atoms with Crippen molar-refractivity contribution in [2.45, 2.75) is 6.54 Å². The molecule has 0 saturated heterocycles. The maximum absolute atomic E-state index is 6.12. The van der Waals surface area contributed by atoms with Crippen molar-refractivity contribution in [3.8, 4) is 5.75 Å². The molecule has 4 heteroatoms.